The van der Waals surface area contributed by atoms with Crippen LogP contribution in [0.25, 0.3) is 11.3 Å². The fourth-order valence-corrected chi connectivity index (χ4v) is 2.05. The predicted octanol–water partition coefficient (Wildman–Crippen LogP) is 3.10. The summed E-state index contributed by atoms with van der Waals surface area (Å²) in [6.07, 6.45) is 2.92. The van der Waals surface area contributed by atoms with Crippen LogP contribution < -0.4 is 0 Å². The summed E-state index contributed by atoms with van der Waals surface area (Å²) < 4.78 is 13.5. The van der Waals surface area contributed by atoms with Crippen LogP contribution in [-0.4, -0.2) is 21.7 Å². The second-order valence-corrected chi connectivity index (χ2v) is 4.56. The summed E-state index contributed by atoms with van der Waals surface area (Å²) in [5.41, 5.74) is 1.80. The lowest BCUT2D eigenvalue weighted by Crippen LogP contribution is -1.92. The zero-order chi connectivity index (χ0) is 13.1. The molecule has 1 aromatic heterocycles. The number of nitrogens with zero attached hydrogens (tertiary/aromatic N) is 1. The van der Waals surface area contributed by atoms with Crippen molar-refractivity contribution in [2.45, 2.75) is 19.8 Å². The topological polar surface area (TPSA) is 48.9 Å². The van der Waals surface area contributed by atoms with E-state index >= 15 is 0 Å². The molecule has 18 heavy (non-hydrogen) atoms. The quantitative estimate of drug-likeness (QED) is 0.895. The molecule has 2 aromatic rings. The van der Waals surface area contributed by atoms with Gasteiger partial charge in [-0.15, -0.1) is 0 Å². The molecule has 1 aromatic carbocycles. The highest BCUT2D eigenvalue weighted by molar-refractivity contribution is 6.33. The maximum absolute atomic E-state index is 13.5. The first-order valence-corrected chi connectivity index (χ1v) is 6.10. The normalized spacial score (nSPS) is 10.9. The molecule has 0 aliphatic heterocycles. The number of aliphatic hydroxyl groups is 1. The number of hydrogen-bond donors (Lipinski definition) is 2. The average Bonchev–Trinajstić information content (AvgIpc) is 2.79. The minimum atomic E-state index is -0.291. The first-order chi connectivity index (χ1) is 8.61. The van der Waals surface area contributed by atoms with Crippen LogP contribution in [0.1, 0.15) is 17.8 Å². The van der Waals surface area contributed by atoms with Crippen molar-refractivity contribution in [2.24, 2.45) is 0 Å². The Labute approximate surface area is 110 Å². The molecule has 0 saturated heterocycles. The van der Waals surface area contributed by atoms with Crippen molar-refractivity contribution >= 4 is 11.6 Å². The fraction of sp³-hybridized carbons (Fsp3) is 0.308. The Morgan fingerprint density at radius 2 is 2.22 bits per heavy atom. The number of aromatic amines is 1. The molecule has 0 aliphatic rings. The van der Waals surface area contributed by atoms with E-state index in [4.69, 9.17) is 16.7 Å². The Hall–Kier alpha value is -1.39. The van der Waals surface area contributed by atoms with Crippen molar-refractivity contribution in [3.8, 4) is 11.3 Å². The van der Waals surface area contributed by atoms with E-state index < -0.39 is 0 Å². The van der Waals surface area contributed by atoms with Gasteiger partial charge in [0.2, 0.25) is 0 Å². The summed E-state index contributed by atoms with van der Waals surface area (Å²) in [5.74, 6) is 0.469. The number of hydrogen-bond acceptors (Lipinski definition) is 2. The smallest absolute Gasteiger partial charge is 0.126 e. The summed E-state index contributed by atoms with van der Waals surface area (Å²) in [5, 5.41) is 9.24. The van der Waals surface area contributed by atoms with Crippen LogP contribution in [0.15, 0.2) is 18.3 Å². The molecule has 0 radical (unpaired) electrons. The monoisotopic (exact) mass is 268 g/mol. The molecule has 2 N–H and O–H groups in total. The van der Waals surface area contributed by atoms with Gasteiger partial charge in [-0.25, -0.2) is 9.37 Å². The van der Waals surface area contributed by atoms with Crippen LogP contribution in [0.3, 0.4) is 0 Å². The van der Waals surface area contributed by atoms with Gasteiger partial charge < -0.3 is 10.1 Å². The van der Waals surface area contributed by atoms with Gasteiger partial charge in [-0.1, -0.05) is 11.6 Å². The van der Waals surface area contributed by atoms with E-state index in [1.807, 2.05) is 0 Å². The van der Waals surface area contributed by atoms with E-state index in [-0.39, 0.29) is 12.4 Å². The minimum Gasteiger partial charge on any atom is -0.396 e. The van der Waals surface area contributed by atoms with Gasteiger partial charge in [0.1, 0.15) is 11.6 Å². The highest BCUT2D eigenvalue weighted by atomic mass is 35.5. The number of aryl methyl sites for hydroxylation is 2. The third-order valence-electron chi connectivity index (χ3n) is 2.74. The number of rotatable bonds is 4. The summed E-state index contributed by atoms with van der Waals surface area (Å²) in [4.78, 5) is 7.25. The Morgan fingerprint density at radius 3 is 2.94 bits per heavy atom. The maximum atomic E-state index is 13.5. The Balaban J connectivity index is 2.31. The van der Waals surface area contributed by atoms with Crippen LogP contribution in [0.2, 0.25) is 5.02 Å². The number of benzene rings is 1. The number of nitrogens with one attached hydrogen (secondary N) is 1. The first-order valence-electron chi connectivity index (χ1n) is 5.72. The van der Waals surface area contributed by atoms with E-state index in [1.54, 1.807) is 19.2 Å². The van der Waals surface area contributed by atoms with E-state index in [0.717, 1.165) is 5.82 Å². The summed E-state index contributed by atoms with van der Waals surface area (Å²) in [6, 6.07) is 3.00. The van der Waals surface area contributed by atoms with Crippen LogP contribution >= 0.6 is 11.6 Å². The molecule has 0 atom stereocenters. The van der Waals surface area contributed by atoms with Gasteiger partial charge in [-0.2, -0.15) is 0 Å². The molecule has 5 heteroatoms. The number of aromatic nitrogens is 2. The summed E-state index contributed by atoms with van der Waals surface area (Å²) in [7, 11) is 0. The second kappa shape index (κ2) is 5.50. The Bertz CT molecular complexity index is 554. The van der Waals surface area contributed by atoms with Gasteiger partial charge in [0, 0.05) is 18.6 Å². The van der Waals surface area contributed by atoms with Crippen molar-refractivity contribution in [2.75, 3.05) is 6.61 Å². The van der Waals surface area contributed by atoms with Crippen LogP contribution in [0.5, 0.6) is 0 Å². The lowest BCUT2D eigenvalue weighted by atomic mass is 10.1. The zero-order valence-electron chi connectivity index (χ0n) is 10.0. The SMILES string of the molecule is Cc1cc(Cl)c(-c2cnc(CCCO)[nH]2)cc1F. The highest BCUT2D eigenvalue weighted by Crippen LogP contribution is 2.29. The van der Waals surface area contributed by atoms with Crippen LogP contribution in [0, 0.1) is 12.7 Å². The largest absolute Gasteiger partial charge is 0.396 e. The van der Waals surface area contributed by atoms with E-state index in [2.05, 4.69) is 9.97 Å². The summed E-state index contributed by atoms with van der Waals surface area (Å²) >= 11 is 6.10. The highest BCUT2D eigenvalue weighted by Gasteiger charge is 2.10. The van der Waals surface area contributed by atoms with E-state index in [9.17, 15) is 4.39 Å². The number of imidazole rings is 1. The van der Waals surface area contributed by atoms with Gasteiger partial charge in [0.15, 0.2) is 0 Å². The Kier molecular flexibility index (Phi) is 3.99. The molecule has 0 bridgehead atoms. The maximum Gasteiger partial charge on any atom is 0.126 e. The third kappa shape index (κ3) is 2.71. The van der Waals surface area contributed by atoms with Gasteiger partial charge in [0.25, 0.3) is 0 Å². The van der Waals surface area contributed by atoms with Gasteiger partial charge in [-0.3, -0.25) is 0 Å². The number of halogens is 2. The molecule has 0 saturated carbocycles. The van der Waals surface area contributed by atoms with Crippen LogP contribution in [-0.2, 0) is 6.42 Å². The lowest BCUT2D eigenvalue weighted by Gasteiger charge is -2.04. The molecule has 0 unspecified atom stereocenters. The van der Waals surface area contributed by atoms with Gasteiger partial charge >= 0.3 is 0 Å². The zero-order valence-corrected chi connectivity index (χ0v) is 10.8. The third-order valence-corrected chi connectivity index (χ3v) is 3.05. The molecule has 2 rings (SSSR count). The average molecular weight is 269 g/mol. The van der Waals surface area contributed by atoms with E-state index in [0.29, 0.717) is 34.7 Å². The summed E-state index contributed by atoms with van der Waals surface area (Å²) in [6.45, 7) is 1.79. The standard InChI is InChI=1S/C13H14ClFN2O/c1-8-5-10(14)9(6-11(8)15)12-7-16-13(17-12)3-2-4-18/h5-7,18H,2-4H2,1H3,(H,16,17). The fourth-order valence-electron chi connectivity index (χ4n) is 1.73. The van der Waals surface area contributed by atoms with Crippen molar-refractivity contribution in [1.82, 2.24) is 9.97 Å². The molecular weight excluding hydrogens is 255 g/mol. The molecular formula is C13H14ClFN2O. The minimum absolute atomic E-state index is 0.121. The number of H-pyrrole nitrogens is 1. The molecule has 3 nitrogen and oxygen atoms in total. The molecule has 1 heterocycles. The van der Waals surface area contributed by atoms with Gasteiger partial charge in [0.05, 0.1) is 16.9 Å². The van der Waals surface area contributed by atoms with Crippen molar-refractivity contribution in [3.63, 3.8) is 0 Å². The van der Waals surface area contributed by atoms with Gasteiger partial charge in [-0.05, 0) is 31.0 Å². The van der Waals surface area contributed by atoms with Crippen LogP contribution in [0.4, 0.5) is 4.39 Å². The van der Waals surface area contributed by atoms with Crippen molar-refractivity contribution < 1.29 is 9.50 Å². The molecule has 0 aliphatic carbocycles. The first kappa shape index (κ1) is 13.1. The molecule has 0 amide bonds. The lowest BCUT2D eigenvalue weighted by molar-refractivity contribution is 0.287. The molecule has 96 valence electrons. The second-order valence-electron chi connectivity index (χ2n) is 4.15. The molecule has 0 fully saturated rings. The number of aliphatic hydroxyl groups excluding tert-OH is 1. The Morgan fingerprint density at radius 1 is 1.44 bits per heavy atom. The van der Waals surface area contributed by atoms with E-state index in [1.165, 1.54) is 6.07 Å². The predicted molar refractivity (Wildman–Crippen MR) is 69.1 cm³/mol. The molecule has 0 spiro atoms. The van der Waals surface area contributed by atoms with Crippen molar-refractivity contribution in [1.29, 1.82) is 0 Å². The van der Waals surface area contributed by atoms with Crippen molar-refractivity contribution in [3.05, 3.63) is 40.6 Å².